The predicted molar refractivity (Wildman–Crippen MR) is 83.9 cm³/mol. The summed E-state index contributed by atoms with van der Waals surface area (Å²) in [5.74, 6) is 1.63. The third-order valence-electron chi connectivity index (χ3n) is 2.80. The first-order chi connectivity index (χ1) is 9.70. The van der Waals surface area contributed by atoms with Gasteiger partial charge in [-0.3, -0.25) is 4.68 Å². The fraction of sp³-hybridized carbons (Fsp3) is 0.462. The van der Waals surface area contributed by atoms with Gasteiger partial charge in [0.15, 0.2) is 0 Å². The minimum atomic E-state index is 0.800. The number of hydrogen-bond acceptors (Lipinski definition) is 5. The van der Waals surface area contributed by atoms with E-state index in [0.29, 0.717) is 0 Å². The molecule has 0 saturated heterocycles. The molecule has 20 heavy (non-hydrogen) atoms. The third-order valence-corrected chi connectivity index (χ3v) is 3.55. The summed E-state index contributed by atoms with van der Waals surface area (Å²) in [6.45, 7) is 3.81. The topological polar surface area (TPSA) is 67.7 Å². The maximum absolute atomic E-state index is 4.25. The van der Waals surface area contributed by atoms with Crippen molar-refractivity contribution in [2.45, 2.75) is 19.8 Å². The van der Waals surface area contributed by atoms with Crippen LogP contribution in [-0.4, -0.2) is 32.8 Å². The van der Waals surface area contributed by atoms with Gasteiger partial charge in [-0.1, -0.05) is 6.92 Å². The van der Waals surface area contributed by atoms with Crippen LogP contribution >= 0.6 is 15.9 Å². The molecule has 2 aromatic heterocycles. The van der Waals surface area contributed by atoms with Crippen LogP contribution in [0.3, 0.4) is 0 Å². The molecule has 0 spiro atoms. The predicted octanol–water partition coefficient (Wildman–Crippen LogP) is 2.45. The van der Waals surface area contributed by atoms with Crippen molar-refractivity contribution < 1.29 is 0 Å². The first-order valence-electron chi connectivity index (χ1n) is 6.66. The molecule has 0 bridgehead atoms. The molecule has 0 radical (unpaired) electrons. The normalized spacial score (nSPS) is 10.6. The Hall–Kier alpha value is -1.63. The largest absolute Gasteiger partial charge is 0.369 e. The Labute approximate surface area is 127 Å². The number of nitrogens with zero attached hydrogens (tertiary/aromatic N) is 4. The lowest BCUT2D eigenvalue weighted by Gasteiger charge is -2.10. The number of nitrogens with one attached hydrogen (secondary N) is 2. The number of rotatable bonds is 7. The van der Waals surface area contributed by atoms with E-state index in [0.717, 1.165) is 42.0 Å². The second-order valence-corrected chi connectivity index (χ2v) is 5.30. The molecule has 0 aliphatic carbocycles. The maximum atomic E-state index is 4.25. The average Bonchev–Trinajstić information content (AvgIpc) is 2.85. The van der Waals surface area contributed by atoms with Crippen molar-refractivity contribution in [3.8, 4) is 0 Å². The molecule has 0 fully saturated rings. The Balaban J connectivity index is 1.92. The van der Waals surface area contributed by atoms with Gasteiger partial charge in [-0.15, -0.1) is 0 Å². The summed E-state index contributed by atoms with van der Waals surface area (Å²) in [5.41, 5.74) is 1.20. The number of halogens is 1. The molecule has 2 N–H and O–H groups in total. The van der Waals surface area contributed by atoms with Crippen molar-refractivity contribution in [1.82, 2.24) is 19.7 Å². The van der Waals surface area contributed by atoms with Crippen molar-refractivity contribution in [3.05, 3.63) is 28.8 Å². The van der Waals surface area contributed by atoms with Crippen LogP contribution < -0.4 is 10.6 Å². The fourth-order valence-electron chi connectivity index (χ4n) is 1.79. The number of aryl methyl sites for hydroxylation is 1. The molecule has 2 rings (SSSR count). The highest BCUT2D eigenvalue weighted by Gasteiger charge is 2.07. The van der Waals surface area contributed by atoms with Gasteiger partial charge < -0.3 is 10.6 Å². The molecule has 0 saturated carbocycles. The minimum Gasteiger partial charge on any atom is -0.369 e. The Bertz CT molecular complexity index is 554. The van der Waals surface area contributed by atoms with E-state index in [1.54, 1.807) is 6.33 Å². The lowest BCUT2D eigenvalue weighted by molar-refractivity contribution is 0.767. The molecule has 2 aromatic rings. The molecule has 0 aliphatic heterocycles. The van der Waals surface area contributed by atoms with E-state index in [2.05, 4.69) is 48.6 Å². The first kappa shape index (κ1) is 14.8. The molecular formula is C13H19BrN6. The van der Waals surface area contributed by atoms with Crippen LogP contribution in [-0.2, 0) is 13.5 Å². The van der Waals surface area contributed by atoms with Gasteiger partial charge in [0.1, 0.15) is 22.4 Å². The van der Waals surface area contributed by atoms with Crippen LogP contribution in [0.15, 0.2) is 23.2 Å². The summed E-state index contributed by atoms with van der Waals surface area (Å²) in [6.07, 6.45) is 7.42. The molecule has 0 amide bonds. The lowest BCUT2D eigenvalue weighted by atomic mass is 10.2. The van der Waals surface area contributed by atoms with Gasteiger partial charge >= 0.3 is 0 Å². The molecule has 0 atom stereocenters. The summed E-state index contributed by atoms with van der Waals surface area (Å²) < 4.78 is 2.68. The molecule has 6 nitrogen and oxygen atoms in total. The van der Waals surface area contributed by atoms with Crippen molar-refractivity contribution in [3.63, 3.8) is 0 Å². The van der Waals surface area contributed by atoms with Crippen molar-refractivity contribution in [1.29, 1.82) is 0 Å². The van der Waals surface area contributed by atoms with Crippen LogP contribution in [0, 0.1) is 0 Å². The van der Waals surface area contributed by atoms with Crippen LogP contribution in [0.5, 0.6) is 0 Å². The quantitative estimate of drug-likeness (QED) is 0.811. The molecular weight excluding hydrogens is 320 g/mol. The van der Waals surface area contributed by atoms with E-state index in [9.17, 15) is 0 Å². The highest BCUT2D eigenvalue weighted by molar-refractivity contribution is 9.10. The van der Waals surface area contributed by atoms with E-state index in [1.165, 1.54) is 5.56 Å². The Kier molecular flexibility index (Phi) is 5.34. The zero-order valence-electron chi connectivity index (χ0n) is 11.7. The van der Waals surface area contributed by atoms with E-state index >= 15 is 0 Å². The maximum Gasteiger partial charge on any atom is 0.145 e. The van der Waals surface area contributed by atoms with Gasteiger partial charge in [0.2, 0.25) is 0 Å². The second kappa shape index (κ2) is 7.23. The Morgan fingerprint density at radius 3 is 2.50 bits per heavy atom. The summed E-state index contributed by atoms with van der Waals surface area (Å²) in [7, 11) is 1.92. The summed E-state index contributed by atoms with van der Waals surface area (Å²) in [6, 6.07) is 0. The average molecular weight is 339 g/mol. The molecule has 0 aliphatic rings. The number of anilines is 2. The summed E-state index contributed by atoms with van der Waals surface area (Å²) >= 11 is 3.54. The van der Waals surface area contributed by atoms with Crippen molar-refractivity contribution in [2.24, 2.45) is 7.05 Å². The molecule has 0 aromatic carbocycles. The van der Waals surface area contributed by atoms with Crippen molar-refractivity contribution >= 4 is 27.6 Å². The highest BCUT2D eigenvalue weighted by atomic mass is 79.9. The van der Waals surface area contributed by atoms with Gasteiger partial charge in [-0.05, 0) is 34.3 Å². The lowest BCUT2D eigenvalue weighted by Crippen LogP contribution is -2.09. The SMILES string of the molecule is CCCNc1ncnc(NCCc2cnn(C)c2)c1Br. The minimum absolute atomic E-state index is 0.800. The fourth-order valence-corrected chi connectivity index (χ4v) is 2.27. The Morgan fingerprint density at radius 2 is 1.90 bits per heavy atom. The van der Waals surface area contributed by atoms with Crippen LogP contribution in [0.1, 0.15) is 18.9 Å². The monoisotopic (exact) mass is 338 g/mol. The van der Waals surface area contributed by atoms with Gasteiger partial charge in [0, 0.05) is 26.3 Å². The van der Waals surface area contributed by atoms with Crippen LogP contribution in [0.4, 0.5) is 11.6 Å². The van der Waals surface area contributed by atoms with E-state index in [1.807, 2.05) is 24.1 Å². The van der Waals surface area contributed by atoms with E-state index in [-0.39, 0.29) is 0 Å². The third kappa shape index (κ3) is 3.93. The van der Waals surface area contributed by atoms with Crippen molar-refractivity contribution in [2.75, 3.05) is 23.7 Å². The van der Waals surface area contributed by atoms with Gasteiger partial charge in [-0.2, -0.15) is 5.10 Å². The molecule has 7 heteroatoms. The van der Waals surface area contributed by atoms with Crippen LogP contribution in [0.2, 0.25) is 0 Å². The van der Waals surface area contributed by atoms with Gasteiger partial charge in [0.25, 0.3) is 0 Å². The standard InChI is InChI=1S/C13H19BrN6/c1-3-5-15-12-11(14)13(18-9-17-12)16-6-4-10-7-19-20(2)8-10/h7-9H,3-6H2,1-2H3,(H2,15,16,17,18). The second-order valence-electron chi connectivity index (χ2n) is 4.51. The van der Waals surface area contributed by atoms with E-state index < -0.39 is 0 Å². The smallest absolute Gasteiger partial charge is 0.145 e. The van der Waals surface area contributed by atoms with E-state index in [4.69, 9.17) is 0 Å². The number of hydrogen-bond donors (Lipinski definition) is 2. The Morgan fingerprint density at radius 1 is 1.20 bits per heavy atom. The van der Waals surface area contributed by atoms with Crippen LogP contribution in [0.25, 0.3) is 0 Å². The summed E-state index contributed by atoms with van der Waals surface area (Å²) in [4.78, 5) is 8.48. The zero-order chi connectivity index (χ0) is 14.4. The zero-order valence-corrected chi connectivity index (χ0v) is 13.3. The molecule has 2 heterocycles. The highest BCUT2D eigenvalue weighted by Crippen LogP contribution is 2.26. The molecule has 108 valence electrons. The first-order valence-corrected chi connectivity index (χ1v) is 7.45. The molecule has 0 unspecified atom stereocenters. The van der Waals surface area contributed by atoms with Gasteiger partial charge in [0.05, 0.1) is 6.20 Å². The summed E-state index contributed by atoms with van der Waals surface area (Å²) in [5, 5.41) is 10.7. The number of aromatic nitrogens is 4. The van der Waals surface area contributed by atoms with Gasteiger partial charge in [-0.25, -0.2) is 9.97 Å².